The molecule has 20 heavy (non-hydrogen) atoms. The van der Waals surface area contributed by atoms with E-state index in [1.807, 2.05) is 12.1 Å². The van der Waals surface area contributed by atoms with Crippen molar-refractivity contribution in [2.45, 2.75) is 6.92 Å². The lowest BCUT2D eigenvalue weighted by molar-refractivity contribution is -0.118. The first-order valence-electron chi connectivity index (χ1n) is 6.03. The van der Waals surface area contributed by atoms with Gasteiger partial charge in [-0.3, -0.25) is 4.79 Å². The fraction of sp³-hybridized carbons (Fsp3) is 0.133. The molecule has 5 heteroatoms. The molecule has 0 heterocycles. The Bertz CT molecular complexity index is 611. The van der Waals surface area contributed by atoms with E-state index in [2.05, 4.69) is 21.2 Å². The maximum Gasteiger partial charge on any atom is 0.262 e. The highest BCUT2D eigenvalue weighted by Crippen LogP contribution is 2.25. The Labute approximate surface area is 125 Å². The SMILES string of the molecule is Cc1c(O)cccc1OCC(=O)Nc1ccc(Br)cc1. The number of nitrogens with one attached hydrogen (secondary N) is 1. The second-order valence-corrected chi connectivity index (χ2v) is 5.16. The zero-order valence-electron chi connectivity index (χ0n) is 10.9. The lowest BCUT2D eigenvalue weighted by Crippen LogP contribution is -2.20. The molecule has 0 saturated heterocycles. The summed E-state index contributed by atoms with van der Waals surface area (Å²) >= 11 is 3.33. The smallest absolute Gasteiger partial charge is 0.262 e. The highest BCUT2D eigenvalue weighted by molar-refractivity contribution is 9.10. The van der Waals surface area contributed by atoms with Crippen molar-refractivity contribution in [3.63, 3.8) is 0 Å². The van der Waals surface area contributed by atoms with E-state index in [4.69, 9.17) is 4.74 Å². The molecule has 0 atom stereocenters. The van der Waals surface area contributed by atoms with E-state index in [0.29, 0.717) is 17.0 Å². The van der Waals surface area contributed by atoms with Crippen LogP contribution in [0, 0.1) is 6.92 Å². The Kier molecular flexibility index (Phi) is 4.63. The number of hydrogen-bond donors (Lipinski definition) is 2. The van der Waals surface area contributed by atoms with E-state index >= 15 is 0 Å². The highest BCUT2D eigenvalue weighted by atomic mass is 79.9. The van der Waals surface area contributed by atoms with Crippen molar-refractivity contribution in [1.29, 1.82) is 0 Å². The van der Waals surface area contributed by atoms with E-state index < -0.39 is 0 Å². The van der Waals surface area contributed by atoms with Crippen LogP contribution in [0.25, 0.3) is 0 Å². The number of aromatic hydroxyl groups is 1. The first-order chi connectivity index (χ1) is 9.56. The van der Waals surface area contributed by atoms with Gasteiger partial charge in [-0.1, -0.05) is 22.0 Å². The summed E-state index contributed by atoms with van der Waals surface area (Å²) in [5.74, 6) is 0.391. The van der Waals surface area contributed by atoms with Crippen LogP contribution in [0.15, 0.2) is 46.9 Å². The molecule has 1 amide bonds. The molecule has 0 aliphatic heterocycles. The van der Waals surface area contributed by atoms with Crippen LogP contribution in [0.2, 0.25) is 0 Å². The molecule has 0 bridgehead atoms. The number of carbonyl (C=O) groups excluding carboxylic acids is 1. The summed E-state index contributed by atoms with van der Waals surface area (Å²) < 4.78 is 6.34. The standard InChI is InChI=1S/C15H14BrNO3/c1-10-13(18)3-2-4-14(10)20-9-15(19)17-12-7-5-11(16)6-8-12/h2-8,18H,9H2,1H3,(H,17,19). The third-order valence-corrected chi connectivity index (χ3v) is 3.27. The maximum atomic E-state index is 11.8. The second kappa shape index (κ2) is 6.43. The van der Waals surface area contributed by atoms with E-state index in [9.17, 15) is 9.90 Å². The van der Waals surface area contributed by atoms with Crippen molar-refractivity contribution in [3.8, 4) is 11.5 Å². The van der Waals surface area contributed by atoms with Crippen LogP contribution in [0.1, 0.15) is 5.56 Å². The van der Waals surface area contributed by atoms with Crippen LogP contribution in [-0.2, 0) is 4.79 Å². The van der Waals surface area contributed by atoms with E-state index in [1.54, 1.807) is 37.3 Å². The van der Waals surface area contributed by atoms with Gasteiger partial charge in [0.25, 0.3) is 5.91 Å². The van der Waals surface area contributed by atoms with Crippen LogP contribution in [-0.4, -0.2) is 17.6 Å². The van der Waals surface area contributed by atoms with Crippen molar-refractivity contribution in [1.82, 2.24) is 0 Å². The zero-order chi connectivity index (χ0) is 14.5. The summed E-state index contributed by atoms with van der Waals surface area (Å²) in [6, 6.07) is 12.2. The van der Waals surface area contributed by atoms with Gasteiger partial charge in [-0.2, -0.15) is 0 Å². The average Bonchev–Trinajstić information content (AvgIpc) is 2.43. The molecule has 0 radical (unpaired) electrons. The fourth-order valence-corrected chi connectivity index (χ4v) is 1.90. The largest absolute Gasteiger partial charge is 0.508 e. The maximum absolute atomic E-state index is 11.8. The number of benzene rings is 2. The topological polar surface area (TPSA) is 58.6 Å². The van der Waals surface area contributed by atoms with Crippen molar-refractivity contribution < 1.29 is 14.6 Å². The summed E-state index contributed by atoms with van der Waals surface area (Å²) in [4.78, 5) is 11.8. The molecule has 0 spiro atoms. The third-order valence-electron chi connectivity index (χ3n) is 2.74. The molecule has 0 fully saturated rings. The number of anilines is 1. The predicted octanol–water partition coefficient (Wildman–Crippen LogP) is 3.48. The van der Waals surface area contributed by atoms with Crippen molar-refractivity contribution in [3.05, 3.63) is 52.5 Å². The van der Waals surface area contributed by atoms with Crippen molar-refractivity contribution in [2.24, 2.45) is 0 Å². The van der Waals surface area contributed by atoms with E-state index in [-0.39, 0.29) is 18.3 Å². The van der Waals surface area contributed by atoms with Gasteiger partial charge in [0.1, 0.15) is 11.5 Å². The molecule has 2 N–H and O–H groups in total. The first-order valence-corrected chi connectivity index (χ1v) is 6.82. The second-order valence-electron chi connectivity index (χ2n) is 4.24. The van der Waals surface area contributed by atoms with Crippen molar-refractivity contribution in [2.75, 3.05) is 11.9 Å². The summed E-state index contributed by atoms with van der Waals surface area (Å²) in [6.45, 7) is 1.62. The van der Waals surface area contributed by atoms with Crippen LogP contribution >= 0.6 is 15.9 Å². The molecule has 2 rings (SSSR count). The normalized spacial score (nSPS) is 10.1. The van der Waals surface area contributed by atoms with Crippen LogP contribution in [0.3, 0.4) is 0 Å². The van der Waals surface area contributed by atoms with E-state index in [0.717, 1.165) is 4.47 Å². The molecule has 104 valence electrons. The summed E-state index contributed by atoms with van der Waals surface area (Å²) in [5.41, 5.74) is 1.32. The third kappa shape index (κ3) is 3.74. The summed E-state index contributed by atoms with van der Waals surface area (Å²) in [7, 11) is 0. The number of phenolic OH excluding ortho intramolecular Hbond substituents is 1. The fourth-order valence-electron chi connectivity index (χ4n) is 1.63. The zero-order valence-corrected chi connectivity index (χ0v) is 12.5. The van der Waals surface area contributed by atoms with Gasteiger partial charge in [0.15, 0.2) is 6.61 Å². The van der Waals surface area contributed by atoms with Gasteiger partial charge in [0, 0.05) is 15.7 Å². The van der Waals surface area contributed by atoms with Gasteiger partial charge in [0.2, 0.25) is 0 Å². The van der Waals surface area contributed by atoms with Gasteiger partial charge in [-0.05, 0) is 43.3 Å². The minimum atomic E-state index is -0.255. The molecular weight excluding hydrogens is 322 g/mol. The summed E-state index contributed by atoms with van der Waals surface area (Å²) in [6.07, 6.45) is 0. The predicted molar refractivity (Wildman–Crippen MR) is 81.1 cm³/mol. The summed E-state index contributed by atoms with van der Waals surface area (Å²) in [5, 5.41) is 12.3. The molecule has 2 aromatic rings. The quantitative estimate of drug-likeness (QED) is 0.899. The molecule has 0 aliphatic rings. The molecule has 0 aliphatic carbocycles. The Morgan fingerprint density at radius 3 is 2.65 bits per heavy atom. The van der Waals surface area contributed by atoms with Crippen molar-refractivity contribution >= 4 is 27.5 Å². The van der Waals surface area contributed by atoms with Gasteiger partial charge in [-0.15, -0.1) is 0 Å². The number of phenols is 1. The number of hydrogen-bond acceptors (Lipinski definition) is 3. The molecule has 2 aromatic carbocycles. The Balaban J connectivity index is 1.92. The van der Waals surface area contributed by atoms with Gasteiger partial charge < -0.3 is 15.2 Å². The molecule has 0 unspecified atom stereocenters. The molecular formula is C15H14BrNO3. The minimum Gasteiger partial charge on any atom is -0.508 e. The molecule has 0 aromatic heterocycles. The minimum absolute atomic E-state index is 0.111. The van der Waals surface area contributed by atoms with Gasteiger partial charge >= 0.3 is 0 Å². The van der Waals surface area contributed by atoms with Crippen LogP contribution < -0.4 is 10.1 Å². The van der Waals surface area contributed by atoms with Crippen LogP contribution in [0.5, 0.6) is 11.5 Å². The number of rotatable bonds is 4. The number of ether oxygens (including phenoxy) is 1. The monoisotopic (exact) mass is 335 g/mol. The number of carbonyl (C=O) groups is 1. The Morgan fingerprint density at radius 2 is 1.95 bits per heavy atom. The Hall–Kier alpha value is -2.01. The molecule has 0 saturated carbocycles. The van der Waals surface area contributed by atoms with E-state index in [1.165, 1.54) is 0 Å². The first kappa shape index (κ1) is 14.4. The average molecular weight is 336 g/mol. The lowest BCUT2D eigenvalue weighted by atomic mass is 10.2. The highest BCUT2D eigenvalue weighted by Gasteiger charge is 2.07. The lowest BCUT2D eigenvalue weighted by Gasteiger charge is -2.10. The number of amides is 1. The molecule has 4 nitrogen and oxygen atoms in total. The van der Waals surface area contributed by atoms with Gasteiger partial charge in [0.05, 0.1) is 0 Å². The van der Waals surface area contributed by atoms with Gasteiger partial charge in [-0.25, -0.2) is 0 Å². The Morgan fingerprint density at radius 1 is 1.25 bits per heavy atom. The van der Waals surface area contributed by atoms with Crippen LogP contribution in [0.4, 0.5) is 5.69 Å². The number of halogens is 1.